The summed E-state index contributed by atoms with van der Waals surface area (Å²) in [6.07, 6.45) is 0. The lowest BCUT2D eigenvalue weighted by Gasteiger charge is -2.18. The van der Waals surface area contributed by atoms with Crippen molar-refractivity contribution in [3.05, 3.63) is 53.6 Å². The van der Waals surface area contributed by atoms with Gasteiger partial charge < -0.3 is 14.8 Å². The van der Waals surface area contributed by atoms with E-state index in [0.29, 0.717) is 17.2 Å². The van der Waals surface area contributed by atoms with E-state index in [1.165, 1.54) is 25.3 Å². The molecule has 1 unspecified atom stereocenters. The highest BCUT2D eigenvalue weighted by Crippen LogP contribution is 2.32. The van der Waals surface area contributed by atoms with Crippen LogP contribution in [0.25, 0.3) is 0 Å². The second-order valence-corrected chi connectivity index (χ2v) is 4.57. The SMILES string of the molecule is COc1ccc(NC(C)c2c(F)cccc2F)cc1OC. The molecule has 0 spiro atoms. The minimum atomic E-state index is -0.574. The van der Waals surface area contributed by atoms with Gasteiger partial charge in [-0.15, -0.1) is 0 Å². The van der Waals surface area contributed by atoms with Gasteiger partial charge in [-0.3, -0.25) is 0 Å². The van der Waals surface area contributed by atoms with Gasteiger partial charge in [-0.05, 0) is 31.2 Å². The first-order chi connectivity index (χ1) is 10.1. The Bertz CT molecular complexity index is 611. The third-order valence-electron chi connectivity index (χ3n) is 3.20. The molecule has 1 atom stereocenters. The summed E-state index contributed by atoms with van der Waals surface area (Å²) >= 11 is 0. The van der Waals surface area contributed by atoms with Crippen LogP contribution in [0.5, 0.6) is 11.5 Å². The zero-order valence-corrected chi connectivity index (χ0v) is 12.1. The van der Waals surface area contributed by atoms with Crippen LogP contribution in [0.1, 0.15) is 18.5 Å². The molecule has 0 fully saturated rings. The van der Waals surface area contributed by atoms with Gasteiger partial charge in [-0.25, -0.2) is 8.78 Å². The van der Waals surface area contributed by atoms with Crippen LogP contribution in [-0.2, 0) is 0 Å². The molecule has 2 rings (SSSR count). The van der Waals surface area contributed by atoms with E-state index in [4.69, 9.17) is 9.47 Å². The van der Waals surface area contributed by atoms with Gasteiger partial charge in [0, 0.05) is 17.3 Å². The Kier molecular flexibility index (Phi) is 4.62. The maximum Gasteiger partial charge on any atom is 0.162 e. The number of anilines is 1. The lowest BCUT2D eigenvalue weighted by molar-refractivity contribution is 0.355. The lowest BCUT2D eigenvalue weighted by atomic mass is 10.1. The van der Waals surface area contributed by atoms with Crippen molar-refractivity contribution < 1.29 is 18.3 Å². The molecule has 3 nitrogen and oxygen atoms in total. The van der Waals surface area contributed by atoms with Gasteiger partial charge in [0.25, 0.3) is 0 Å². The second kappa shape index (κ2) is 6.43. The highest BCUT2D eigenvalue weighted by Gasteiger charge is 2.16. The van der Waals surface area contributed by atoms with Gasteiger partial charge in [0.2, 0.25) is 0 Å². The number of halogens is 2. The minimum absolute atomic E-state index is 0.00675. The van der Waals surface area contributed by atoms with Crippen LogP contribution in [0.15, 0.2) is 36.4 Å². The monoisotopic (exact) mass is 293 g/mol. The van der Waals surface area contributed by atoms with Gasteiger partial charge in [0.05, 0.1) is 20.3 Å². The van der Waals surface area contributed by atoms with Crippen LogP contribution in [0.4, 0.5) is 14.5 Å². The summed E-state index contributed by atoms with van der Waals surface area (Å²) in [6, 6.07) is 8.51. The molecule has 0 radical (unpaired) electrons. The van der Waals surface area contributed by atoms with Gasteiger partial charge in [-0.1, -0.05) is 6.07 Å². The van der Waals surface area contributed by atoms with E-state index in [0.717, 1.165) is 0 Å². The van der Waals surface area contributed by atoms with Crippen LogP contribution < -0.4 is 14.8 Å². The zero-order valence-electron chi connectivity index (χ0n) is 12.1. The minimum Gasteiger partial charge on any atom is -0.493 e. The molecule has 21 heavy (non-hydrogen) atoms. The Morgan fingerprint density at radius 3 is 2.14 bits per heavy atom. The summed E-state index contributed by atoms with van der Waals surface area (Å²) in [5.41, 5.74) is 0.690. The van der Waals surface area contributed by atoms with Crippen molar-refractivity contribution in [2.24, 2.45) is 0 Å². The molecule has 0 aromatic heterocycles. The van der Waals surface area contributed by atoms with E-state index < -0.39 is 17.7 Å². The quantitative estimate of drug-likeness (QED) is 0.898. The number of ether oxygens (including phenoxy) is 2. The number of methoxy groups -OCH3 is 2. The van der Waals surface area contributed by atoms with E-state index >= 15 is 0 Å². The van der Waals surface area contributed by atoms with E-state index in [-0.39, 0.29) is 5.56 Å². The first-order valence-corrected chi connectivity index (χ1v) is 6.49. The molecule has 0 amide bonds. The van der Waals surface area contributed by atoms with E-state index in [9.17, 15) is 8.78 Å². The maximum absolute atomic E-state index is 13.7. The molecule has 0 aliphatic carbocycles. The number of rotatable bonds is 5. The fraction of sp³-hybridized carbons (Fsp3) is 0.250. The average molecular weight is 293 g/mol. The van der Waals surface area contributed by atoms with Crippen LogP contribution in [0, 0.1) is 11.6 Å². The number of nitrogens with one attached hydrogen (secondary N) is 1. The lowest BCUT2D eigenvalue weighted by Crippen LogP contribution is -2.11. The average Bonchev–Trinajstić information content (AvgIpc) is 2.46. The summed E-state index contributed by atoms with van der Waals surface area (Å²) in [5, 5.41) is 3.05. The molecule has 2 aromatic rings. The summed E-state index contributed by atoms with van der Waals surface area (Å²) in [7, 11) is 3.07. The number of hydrogen-bond acceptors (Lipinski definition) is 3. The first kappa shape index (κ1) is 15.1. The van der Waals surface area contributed by atoms with E-state index in [1.54, 1.807) is 32.2 Å². The van der Waals surface area contributed by atoms with Crippen LogP contribution in [0.2, 0.25) is 0 Å². The molecule has 1 N–H and O–H groups in total. The number of hydrogen-bond donors (Lipinski definition) is 1. The fourth-order valence-corrected chi connectivity index (χ4v) is 2.17. The van der Waals surface area contributed by atoms with E-state index in [2.05, 4.69) is 5.32 Å². The highest BCUT2D eigenvalue weighted by molar-refractivity contribution is 5.55. The van der Waals surface area contributed by atoms with Crippen molar-refractivity contribution in [2.45, 2.75) is 13.0 Å². The third-order valence-corrected chi connectivity index (χ3v) is 3.20. The van der Waals surface area contributed by atoms with Crippen LogP contribution in [-0.4, -0.2) is 14.2 Å². The van der Waals surface area contributed by atoms with Crippen molar-refractivity contribution in [3.63, 3.8) is 0 Å². The summed E-state index contributed by atoms with van der Waals surface area (Å²) in [5.74, 6) is -0.0116. The predicted octanol–water partition coefficient (Wildman–Crippen LogP) is 4.16. The largest absolute Gasteiger partial charge is 0.493 e. The maximum atomic E-state index is 13.7. The molecular weight excluding hydrogens is 276 g/mol. The molecule has 2 aromatic carbocycles. The topological polar surface area (TPSA) is 30.5 Å². The summed E-state index contributed by atoms with van der Waals surface area (Å²) in [4.78, 5) is 0. The van der Waals surface area contributed by atoms with Gasteiger partial charge in [0.15, 0.2) is 11.5 Å². The Morgan fingerprint density at radius 1 is 0.952 bits per heavy atom. The Hall–Kier alpha value is -2.30. The fourth-order valence-electron chi connectivity index (χ4n) is 2.17. The molecule has 0 saturated heterocycles. The molecule has 112 valence electrons. The molecule has 0 aliphatic rings. The molecule has 0 aliphatic heterocycles. The molecule has 0 saturated carbocycles. The molecule has 0 bridgehead atoms. The Labute approximate surface area is 122 Å². The normalized spacial score (nSPS) is 11.9. The zero-order chi connectivity index (χ0) is 15.4. The molecular formula is C16H17F2NO2. The predicted molar refractivity (Wildman–Crippen MR) is 77.9 cm³/mol. The van der Waals surface area contributed by atoms with Crippen molar-refractivity contribution >= 4 is 5.69 Å². The third kappa shape index (κ3) is 3.24. The Morgan fingerprint density at radius 2 is 1.57 bits per heavy atom. The number of benzene rings is 2. The first-order valence-electron chi connectivity index (χ1n) is 6.49. The van der Waals surface area contributed by atoms with Crippen molar-refractivity contribution in [1.82, 2.24) is 0 Å². The molecule has 5 heteroatoms. The van der Waals surface area contributed by atoms with Crippen molar-refractivity contribution in [1.29, 1.82) is 0 Å². The van der Waals surface area contributed by atoms with Gasteiger partial charge in [-0.2, -0.15) is 0 Å². The van der Waals surface area contributed by atoms with Gasteiger partial charge in [0.1, 0.15) is 11.6 Å². The van der Waals surface area contributed by atoms with Gasteiger partial charge >= 0.3 is 0 Å². The smallest absolute Gasteiger partial charge is 0.162 e. The van der Waals surface area contributed by atoms with Crippen molar-refractivity contribution in [3.8, 4) is 11.5 Å². The Balaban J connectivity index is 2.25. The standard InChI is InChI=1S/C16H17F2NO2/c1-10(16-12(17)5-4-6-13(16)18)19-11-7-8-14(20-2)15(9-11)21-3/h4-10,19H,1-3H3. The highest BCUT2D eigenvalue weighted by atomic mass is 19.1. The van der Waals surface area contributed by atoms with Crippen LogP contribution >= 0.6 is 0 Å². The summed E-state index contributed by atoms with van der Waals surface area (Å²) < 4.78 is 37.8. The summed E-state index contributed by atoms with van der Waals surface area (Å²) in [6.45, 7) is 1.69. The second-order valence-electron chi connectivity index (χ2n) is 4.57. The van der Waals surface area contributed by atoms with E-state index in [1.807, 2.05) is 0 Å². The molecule has 0 heterocycles. The van der Waals surface area contributed by atoms with Crippen LogP contribution in [0.3, 0.4) is 0 Å². The van der Waals surface area contributed by atoms with Crippen molar-refractivity contribution in [2.75, 3.05) is 19.5 Å².